The number of hydrogen-bond acceptors (Lipinski definition) is 5. The van der Waals surface area contributed by atoms with Crippen LogP contribution in [0.5, 0.6) is 0 Å². The Bertz CT molecular complexity index is 886. The fourth-order valence-electron chi connectivity index (χ4n) is 3.12. The Labute approximate surface area is 160 Å². The van der Waals surface area contributed by atoms with Gasteiger partial charge in [-0.15, -0.1) is 0 Å². The van der Waals surface area contributed by atoms with Crippen molar-refractivity contribution in [3.8, 4) is 11.3 Å². The van der Waals surface area contributed by atoms with Gasteiger partial charge in [0, 0.05) is 31.0 Å². The van der Waals surface area contributed by atoms with Gasteiger partial charge in [0.25, 0.3) is 0 Å². The number of aryl methyl sites for hydroxylation is 3. The lowest BCUT2D eigenvalue weighted by Gasteiger charge is -2.15. The second-order valence-corrected chi connectivity index (χ2v) is 6.65. The highest BCUT2D eigenvalue weighted by Crippen LogP contribution is 2.28. The molecule has 0 saturated heterocycles. The van der Waals surface area contributed by atoms with Crippen LogP contribution in [0.4, 0.5) is 17.5 Å². The smallest absolute Gasteiger partial charge is 0.225 e. The van der Waals surface area contributed by atoms with Crippen LogP contribution in [-0.2, 0) is 4.74 Å². The standard InChI is InChI=1S/C22H26N4O/c1-15-12-16(2)21(17(3)13-15)25-20-14-19(18-8-6-5-7-9-18)24-22(26-20)23-10-11-27-4/h5-9,12-14H,10-11H2,1-4H3,(H2,23,24,25,26). The lowest BCUT2D eigenvalue weighted by molar-refractivity contribution is 0.210. The minimum absolute atomic E-state index is 0.582. The lowest BCUT2D eigenvalue weighted by Crippen LogP contribution is -2.11. The van der Waals surface area contributed by atoms with Gasteiger partial charge in [0.1, 0.15) is 5.82 Å². The molecule has 0 amide bonds. The molecule has 0 spiro atoms. The van der Waals surface area contributed by atoms with Crippen molar-refractivity contribution in [2.75, 3.05) is 30.9 Å². The first-order valence-corrected chi connectivity index (χ1v) is 9.09. The van der Waals surface area contributed by atoms with E-state index in [4.69, 9.17) is 4.74 Å². The molecular formula is C22H26N4O. The summed E-state index contributed by atoms with van der Waals surface area (Å²) in [6.07, 6.45) is 0. The predicted molar refractivity (Wildman–Crippen MR) is 112 cm³/mol. The van der Waals surface area contributed by atoms with Crippen molar-refractivity contribution < 1.29 is 4.74 Å². The van der Waals surface area contributed by atoms with Gasteiger partial charge in [0.2, 0.25) is 5.95 Å². The Morgan fingerprint density at radius 2 is 1.63 bits per heavy atom. The fourth-order valence-corrected chi connectivity index (χ4v) is 3.12. The molecule has 0 atom stereocenters. The van der Waals surface area contributed by atoms with E-state index >= 15 is 0 Å². The van der Waals surface area contributed by atoms with Gasteiger partial charge < -0.3 is 15.4 Å². The maximum absolute atomic E-state index is 5.11. The largest absolute Gasteiger partial charge is 0.383 e. The van der Waals surface area contributed by atoms with Gasteiger partial charge in [-0.05, 0) is 31.9 Å². The number of ether oxygens (including phenoxy) is 1. The number of hydrogen-bond donors (Lipinski definition) is 2. The number of nitrogens with one attached hydrogen (secondary N) is 2. The molecule has 3 aromatic rings. The molecule has 0 aliphatic carbocycles. The van der Waals surface area contributed by atoms with Crippen LogP contribution in [0.3, 0.4) is 0 Å². The summed E-state index contributed by atoms with van der Waals surface area (Å²) in [6, 6.07) is 16.4. The van der Waals surface area contributed by atoms with Gasteiger partial charge >= 0.3 is 0 Å². The summed E-state index contributed by atoms with van der Waals surface area (Å²) in [5.74, 6) is 1.34. The molecule has 0 bridgehead atoms. The number of nitrogens with zero attached hydrogens (tertiary/aromatic N) is 2. The van der Waals surface area contributed by atoms with Crippen LogP contribution >= 0.6 is 0 Å². The summed E-state index contributed by atoms with van der Waals surface area (Å²) in [7, 11) is 1.68. The average Bonchev–Trinajstić information content (AvgIpc) is 2.65. The van der Waals surface area contributed by atoms with Gasteiger partial charge in [-0.3, -0.25) is 0 Å². The molecular weight excluding hydrogens is 336 g/mol. The third kappa shape index (κ3) is 4.83. The highest BCUT2D eigenvalue weighted by molar-refractivity contribution is 5.70. The molecule has 0 saturated carbocycles. The van der Waals surface area contributed by atoms with Crippen LogP contribution < -0.4 is 10.6 Å². The molecule has 0 aliphatic heterocycles. The van der Waals surface area contributed by atoms with Crippen molar-refractivity contribution >= 4 is 17.5 Å². The van der Waals surface area contributed by atoms with Crippen molar-refractivity contribution in [3.05, 3.63) is 65.2 Å². The summed E-state index contributed by atoms with van der Waals surface area (Å²) in [5.41, 5.74) is 6.65. The van der Waals surface area contributed by atoms with E-state index in [2.05, 4.69) is 53.5 Å². The lowest BCUT2D eigenvalue weighted by atomic mass is 10.1. The first-order chi connectivity index (χ1) is 13.1. The topological polar surface area (TPSA) is 59.1 Å². The zero-order valence-corrected chi connectivity index (χ0v) is 16.3. The highest BCUT2D eigenvalue weighted by Gasteiger charge is 2.10. The minimum Gasteiger partial charge on any atom is -0.383 e. The van der Waals surface area contributed by atoms with Crippen molar-refractivity contribution in [1.82, 2.24) is 9.97 Å². The van der Waals surface area contributed by atoms with Gasteiger partial charge in [0.05, 0.1) is 12.3 Å². The van der Waals surface area contributed by atoms with Gasteiger partial charge in [-0.25, -0.2) is 4.98 Å². The van der Waals surface area contributed by atoms with Crippen molar-refractivity contribution in [2.24, 2.45) is 0 Å². The predicted octanol–water partition coefficient (Wildman–Crippen LogP) is 4.87. The van der Waals surface area contributed by atoms with E-state index in [1.165, 1.54) is 16.7 Å². The molecule has 3 rings (SSSR count). The van der Waals surface area contributed by atoms with Crippen molar-refractivity contribution in [3.63, 3.8) is 0 Å². The van der Waals surface area contributed by atoms with Crippen molar-refractivity contribution in [1.29, 1.82) is 0 Å². The Morgan fingerprint density at radius 3 is 2.30 bits per heavy atom. The van der Waals surface area contributed by atoms with Crippen LogP contribution in [0.2, 0.25) is 0 Å². The van der Waals surface area contributed by atoms with Crippen molar-refractivity contribution in [2.45, 2.75) is 20.8 Å². The minimum atomic E-state index is 0.582. The van der Waals surface area contributed by atoms with E-state index in [9.17, 15) is 0 Å². The second kappa shape index (κ2) is 8.64. The third-order valence-corrected chi connectivity index (χ3v) is 4.32. The third-order valence-electron chi connectivity index (χ3n) is 4.32. The van der Waals surface area contributed by atoms with Gasteiger partial charge in [-0.2, -0.15) is 4.98 Å². The quantitative estimate of drug-likeness (QED) is 0.587. The maximum atomic E-state index is 5.11. The molecule has 0 radical (unpaired) electrons. The zero-order chi connectivity index (χ0) is 19.2. The molecule has 140 valence electrons. The van der Waals surface area contributed by atoms with Crippen LogP contribution in [0, 0.1) is 20.8 Å². The second-order valence-electron chi connectivity index (χ2n) is 6.65. The number of anilines is 3. The van der Waals surface area contributed by atoms with E-state index in [1.807, 2.05) is 36.4 Å². The van der Waals surface area contributed by atoms with Gasteiger partial charge in [0.15, 0.2) is 0 Å². The Hall–Kier alpha value is -2.92. The Kier molecular flexibility index (Phi) is 6.04. The Balaban J connectivity index is 1.97. The molecule has 5 nitrogen and oxygen atoms in total. The monoisotopic (exact) mass is 362 g/mol. The SMILES string of the molecule is COCCNc1nc(Nc2c(C)cc(C)cc2C)cc(-c2ccccc2)n1. The first-order valence-electron chi connectivity index (χ1n) is 9.09. The number of aromatic nitrogens is 2. The summed E-state index contributed by atoms with van der Waals surface area (Å²) in [5, 5.41) is 6.72. The van der Waals surface area contributed by atoms with Crippen LogP contribution in [-0.4, -0.2) is 30.2 Å². The van der Waals surface area contributed by atoms with E-state index in [-0.39, 0.29) is 0 Å². The molecule has 1 aromatic heterocycles. The van der Waals surface area contributed by atoms with Crippen LogP contribution in [0.1, 0.15) is 16.7 Å². The molecule has 1 heterocycles. The van der Waals surface area contributed by atoms with Gasteiger partial charge in [-0.1, -0.05) is 48.0 Å². The van der Waals surface area contributed by atoms with E-state index in [1.54, 1.807) is 7.11 Å². The number of benzene rings is 2. The molecule has 5 heteroatoms. The Morgan fingerprint density at radius 1 is 0.926 bits per heavy atom. The maximum Gasteiger partial charge on any atom is 0.225 e. The number of methoxy groups -OCH3 is 1. The molecule has 0 aliphatic rings. The van der Waals surface area contributed by atoms with E-state index in [0.29, 0.717) is 19.1 Å². The van der Waals surface area contributed by atoms with Crippen LogP contribution in [0.25, 0.3) is 11.3 Å². The fraction of sp³-hybridized carbons (Fsp3) is 0.273. The number of rotatable bonds is 7. The molecule has 2 aromatic carbocycles. The zero-order valence-electron chi connectivity index (χ0n) is 16.3. The highest BCUT2D eigenvalue weighted by atomic mass is 16.5. The molecule has 2 N–H and O–H groups in total. The summed E-state index contributed by atoms with van der Waals surface area (Å²) in [6.45, 7) is 7.58. The summed E-state index contributed by atoms with van der Waals surface area (Å²) < 4.78 is 5.11. The molecule has 27 heavy (non-hydrogen) atoms. The first kappa shape index (κ1) is 18.9. The van der Waals surface area contributed by atoms with E-state index in [0.717, 1.165) is 22.8 Å². The molecule has 0 unspecified atom stereocenters. The normalized spacial score (nSPS) is 10.7. The summed E-state index contributed by atoms with van der Waals surface area (Å²) >= 11 is 0. The average molecular weight is 362 g/mol. The molecule has 0 fully saturated rings. The summed E-state index contributed by atoms with van der Waals surface area (Å²) in [4.78, 5) is 9.30. The van der Waals surface area contributed by atoms with Crippen LogP contribution in [0.15, 0.2) is 48.5 Å². The van der Waals surface area contributed by atoms with E-state index < -0.39 is 0 Å².